The van der Waals surface area contributed by atoms with E-state index in [-0.39, 0.29) is 0 Å². The summed E-state index contributed by atoms with van der Waals surface area (Å²) in [6.45, 7) is 10.1. The van der Waals surface area contributed by atoms with Crippen molar-refractivity contribution in [3.05, 3.63) is 17.0 Å². The molecule has 0 spiro atoms. The van der Waals surface area contributed by atoms with Crippen LogP contribution < -0.4 is 5.32 Å². The monoisotopic (exact) mass is 239 g/mol. The van der Waals surface area contributed by atoms with E-state index in [4.69, 9.17) is 4.74 Å². The van der Waals surface area contributed by atoms with Gasteiger partial charge in [-0.1, -0.05) is 6.92 Å². The summed E-state index contributed by atoms with van der Waals surface area (Å²) in [6.07, 6.45) is 2.25. The number of aromatic nitrogens is 2. The van der Waals surface area contributed by atoms with Crippen LogP contribution in [-0.2, 0) is 17.7 Å². The minimum absolute atomic E-state index is 0.718. The van der Waals surface area contributed by atoms with Crippen LogP contribution in [0, 0.1) is 13.8 Å². The SMILES string of the molecule is CCCNCCc1c(C)nn(CCOC)c1C. The Labute approximate surface area is 104 Å². The molecule has 0 unspecified atom stereocenters. The first-order chi connectivity index (χ1) is 8.20. The zero-order chi connectivity index (χ0) is 12.7. The quantitative estimate of drug-likeness (QED) is 0.702. The zero-order valence-electron chi connectivity index (χ0n) is 11.5. The number of nitrogens with one attached hydrogen (secondary N) is 1. The van der Waals surface area contributed by atoms with Gasteiger partial charge in [0.05, 0.1) is 18.8 Å². The van der Waals surface area contributed by atoms with Gasteiger partial charge in [-0.3, -0.25) is 4.68 Å². The van der Waals surface area contributed by atoms with Crippen LogP contribution in [0.3, 0.4) is 0 Å². The molecule has 98 valence electrons. The van der Waals surface area contributed by atoms with E-state index in [0.717, 1.165) is 38.4 Å². The highest BCUT2D eigenvalue weighted by Gasteiger charge is 2.10. The molecule has 0 saturated carbocycles. The lowest BCUT2D eigenvalue weighted by molar-refractivity contribution is 0.182. The minimum atomic E-state index is 0.718. The molecular formula is C13H25N3O. The summed E-state index contributed by atoms with van der Waals surface area (Å²) in [4.78, 5) is 0. The summed E-state index contributed by atoms with van der Waals surface area (Å²) < 4.78 is 7.14. The Bertz CT molecular complexity index is 334. The molecule has 0 atom stereocenters. The Morgan fingerprint density at radius 2 is 2.06 bits per heavy atom. The summed E-state index contributed by atoms with van der Waals surface area (Å²) >= 11 is 0. The van der Waals surface area contributed by atoms with Gasteiger partial charge in [-0.25, -0.2) is 0 Å². The molecule has 1 heterocycles. The van der Waals surface area contributed by atoms with Gasteiger partial charge in [-0.2, -0.15) is 5.10 Å². The molecule has 1 aromatic heterocycles. The maximum atomic E-state index is 5.09. The van der Waals surface area contributed by atoms with Crippen molar-refractivity contribution in [2.75, 3.05) is 26.8 Å². The normalized spacial score (nSPS) is 11.1. The molecular weight excluding hydrogens is 214 g/mol. The van der Waals surface area contributed by atoms with E-state index in [2.05, 4.69) is 31.2 Å². The molecule has 4 nitrogen and oxygen atoms in total. The standard InChI is InChI=1S/C13H25N3O/c1-5-7-14-8-6-13-11(2)15-16(12(13)3)9-10-17-4/h14H,5-10H2,1-4H3. The van der Waals surface area contributed by atoms with Crippen LogP contribution in [-0.4, -0.2) is 36.6 Å². The number of ether oxygens (including phenoxy) is 1. The summed E-state index contributed by atoms with van der Waals surface area (Å²) in [5, 5.41) is 7.98. The summed E-state index contributed by atoms with van der Waals surface area (Å²) in [6, 6.07) is 0. The van der Waals surface area contributed by atoms with Gasteiger partial charge in [-0.05, 0) is 45.3 Å². The third-order valence-electron chi connectivity index (χ3n) is 3.02. The van der Waals surface area contributed by atoms with Crippen LogP contribution in [0.2, 0.25) is 0 Å². The van der Waals surface area contributed by atoms with Crippen molar-refractivity contribution >= 4 is 0 Å². The highest BCUT2D eigenvalue weighted by molar-refractivity contribution is 5.24. The molecule has 0 fully saturated rings. The Hall–Kier alpha value is -0.870. The lowest BCUT2D eigenvalue weighted by atomic mass is 10.1. The maximum Gasteiger partial charge on any atom is 0.0658 e. The lowest BCUT2D eigenvalue weighted by Crippen LogP contribution is -2.18. The van der Waals surface area contributed by atoms with Gasteiger partial charge in [0, 0.05) is 12.8 Å². The first kappa shape index (κ1) is 14.2. The van der Waals surface area contributed by atoms with Crippen LogP contribution in [0.15, 0.2) is 0 Å². The Kier molecular flexibility index (Phi) is 6.22. The van der Waals surface area contributed by atoms with E-state index in [1.807, 2.05) is 4.68 Å². The predicted octanol–water partition coefficient (Wildman–Crippen LogP) is 1.69. The smallest absolute Gasteiger partial charge is 0.0658 e. The molecule has 0 radical (unpaired) electrons. The molecule has 0 aromatic carbocycles. The maximum absolute atomic E-state index is 5.09. The second-order valence-corrected chi connectivity index (χ2v) is 4.37. The second-order valence-electron chi connectivity index (χ2n) is 4.37. The summed E-state index contributed by atoms with van der Waals surface area (Å²) in [5.74, 6) is 0. The molecule has 0 aliphatic rings. The van der Waals surface area contributed by atoms with Crippen molar-refractivity contribution in [3.63, 3.8) is 0 Å². The van der Waals surface area contributed by atoms with Gasteiger partial charge < -0.3 is 10.1 Å². The highest BCUT2D eigenvalue weighted by Crippen LogP contribution is 2.13. The average Bonchev–Trinajstić information content (AvgIpc) is 2.58. The topological polar surface area (TPSA) is 39.1 Å². The van der Waals surface area contributed by atoms with Crippen LogP contribution in [0.4, 0.5) is 0 Å². The largest absolute Gasteiger partial charge is 0.383 e. The fourth-order valence-corrected chi connectivity index (χ4v) is 2.01. The molecule has 0 amide bonds. The fraction of sp³-hybridized carbons (Fsp3) is 0.769. The first-order valence-corrected chi connectivity index (χ1v) is 6.43. The van der Waals surface area contributed by atoms with Gasteiger partial charge in [0.15, 0.2) is 0 Å². The summed E-state index contributed by atoms with van der Waals surface area (Å²) in [7, 11) is 1.72. The second kappa shape index (κ2) is 7.45. The van der Waals surface area contributed by atoms with Crippen molar-refractivity contribution in [1.29, 1.82) is 0 Å². The predicted molar refractivity (Wildman–Crippen MR) is 70.4 cm³/mol. The zero-order valence-corrected chi connectivity index (χ0v) is 11.5. The van der Waals surface area contributed by atoms with Crippen LogP contribution in [0.25, 0.3) is 0 Å². The Balaban J connectivity index is 2.55. The molecule has 0 saturated heterocycles. The van der Waals surface area contributed by atoms with Crippen molar-refractivity contribution in [3.8, 4) is 0 Å². The van der Waals surface area contributed by atoms with Gasteiger partial charge in [0.25, 0.3) is 0 Å². The Morgan fingerprint density at radius 3 is 2.71 bits per heavy atom. The number of methoxy groups -OCH3 is 1. The first-order valence-electron chi connectivity index (χ1n) is 6.43. The third kappa shape index (κ3) is 4.13. The minimum Gasteiger partial charge on any atom is -0.383 e. The van der Waals surface area contributed by atoms with Gasteiger partial charge in [0.1, 0.15) is 0 Å². The van der Waals surface area contributed by atoms with Gasteiger partial charge in [0.2, 0.25) is 0 Å². The van der Waals surface area contributed by atoms with E-state index in [0.29, 0.717) is 0 Å². The lowest BCUT2D eigenvalue weighted by Gasteiger charge is -2.05. The molecule has 4 heteroatoms. The molecule has 0 aliphatic carbocycles. The number of rotatable bonds is 8. The number of hydrogen-bond acceptors (Lipinski definition) is 3. The van der Waals surface area contributed by atoms with E-state index in [1.165, 1.54) is 17.7 Å². The molecule has 1 rings (SSSR count). The molecule has 0 aliphatic heterocycles. The number of nitrogens with zero attached hydrogens (tertiary/aromatic N) is 2. The molecule has 1 aromatic rings. The van der Waals surface area contributed by atoms with Crippen molar-refractivity contribution < 1.29 is 4.74 Å². The van der Waals surface area contributed by atoms with Crippen LogP contribution in [0.1, 0.15) is 30.3 Å². The van der Waals surface area contributed by atoms with Crippen molar-refractivity contribution in [2.24, 2.45) is 0 Å². The van der Waals surface area contributed by atoms with E-state index >= 15 is 0 Å². The molecule has 17 heavy (non-hydrogen) atoms. The summed E-state index contributed by atoms with van der Waals surface area (Å²) in [5.41, 5.74) is 3.81. The Morgan fingerprint density at radius 1 is 1.29 bits per heavy atom. The van der Waals surface area contributed by atoms with Crippen molar-refractivity contribution in [2.45, 2.75) is 40.2 Å². The van der Waals surface area contributed by atoms with E-state index in [9.17, 15) is 0 Å². The fourth-order valence-electron chi connectivity index (χ4n) is 2.01. The van der Waals surface area contributed by atoms with Crippen LogP contribution in [0.5, 0.6) is 0 Å². The third-order valence-corrected chi connectivity index (χ3v) is 3.02. The van der Waals surface area contributed by atoms with Gasteiger partial charge in [-0.15, -0.1) is 0 Å². The van der Waals surface area contributed by atoms with Crippen molar-refractivity contribution in [1.82, 2.24) is 15.1 Å². The van der Waals surface area contributed by atoms with Crippen LogP contribution >= 0.6 is 0 Å². The number of hydrogen-bond donors (Lipinski definition) is 1. The average molecular weight is 239 g/mol. The van der Waals surface area contributed by atoms with E-state index < -0.39 is 0 Å². The molecule has 1 N–H and O–H groups in total. The van der Waals surface area contributed by atoms with Gasteiger partial charge >= 0.3 is 0 Å². The van der Waals surface area contributed by atoms with E-state index in [1.54, 1.807) is 7.11 Å². The number of aryl methyl sites for hydroxylation is 1. The highest BCUT2D eigenvalue weighted by atomic mass is 16.5. The molecule has 0 bridgehead atoms.